The van der Waals surface area contributed by atoms with Crippen LogP contribution in [0.5, 0.6) is 0 Å². The van der Waals surface area contributed by atoms with Crippen LogP contribution < -0.4 is 15.5 Å². The number of hydrogen-bond donors (Lipinski definition) is 2. The summed E-state index contributed by atoms with van der Waals surface area (Å²) in [6, 6.07) is 1.99. The first-order chi connectivity index (χ1) is 16.6. The number of carbonyl (C=O) groups is 1. The maximum Gasteiger partial charge on any atom is 0.433 e. The van der Waals surface area contributed by atoms with Gasteiger partial charge in [0.25, 0.3) is 0 Å². The standard InChI is InChI=1S/C22H25F3N8O2/c1-12-17-19(32(3)18(13(2)35-4)20(34)30-17)31-21(29-12)27-8-15-9-28-33(11-15)10-14-5-6-26-16(7-14)22(23,24)25/h5-7,9,11,13,18H,8,10H2,1-4H3,(H,30,34)(H,27,29,31)/t13?,18-/m0/s1. The van der Waals surface area contributed by atoms with Gasteiger partial charge in [-0.3, -0.25) is 14.5 Å². The van der Waals surface area contributed by atoms with Crippen LogP contribution in [0.3, 0.4) is 0 Å². The molecule has 1 amide bonds. The first kappa shape index (κ1) is 24.4. The number of rotatable bonds is 7. The third-order valence-corrected chi connectivity index (χ3v) is 5.75. The third-order valence-electron chi connectivity index (χ3n) is 5.75. The number of hydrogen-bond acceptors (Lipinski definition) is 8. The number of likely N-dealkylation sites (N-methyl/N-ethyl adjacent to an activating group) is 1. The van der Waals surface area contributed by atoms with Gasteiger partial charge in [0.15, 0.2) is 5.82 Å². The Bertz CT molecular complexity index is 1230. The lowest BCUT2D eigenvalue weighted by atomic mass is 10.1. The molecule has 10 nitrogen and oxygen atoms in total. The number of nitrogens with one attached hydrogen (secondary N) is 2. The second-order valence-corrected chi connectivity index (χ2v) is 8.26. The smallest absolute Gasteiger partial charge is 0.379 e. The molecule has 13 heteroatoms. The number of aromatic nitrogens is 5. The molecule has 0 bridgehead atoms. The monoisotopic (exact) mass is 490 g/mol. The van der Waals surface area contributed by atoms with Crippen molar-refractivity contribution in [1.82, 2.24) is 24.7 Å². The Kier molecular flexibility index (Phi) is 6.61. The van der Waals surface area contributed by atoms with Crippen LogP contribution in [0.25, 0.3) is 0 Å². The molecule has 0 radical (unpaired) electrons. The fraction of sp³-hybridized carbons (Fsp3) is 0.409. The molecule has 3 aromatic heterocycles. The number of alkyl halides is 3. The van der Waals surface area contributed by atoms with Gasteiger partial charge in [0.05, 0.1) is 24.5 Å². The zero-order valence-electron chi connectivity index (χ0n) is 19.6. The van der Waals surface area contributed by atoms with Crippen molar-refractivity contribution in [2.45, 2.75) is 45.3 Å². The molecular formula is C22H25F3N8O2. The molecule has 0 saturated carbocycles. The molecule has 0 aromatic carbocycles. The van der Waals surface area contributed by atoms with Gasteiger partial charge < -0.3 is 20.3 Å². The van der Waals surface area contributed by atoms with E-state index >= 15 is 0 Å². The van der Waals surface area contributed by atoms with Gasteiger partial charge in [-0.1, -0.05) is 0 Å². The number of aryl methyl sites for hydroxylation is 1. The van der Waals surface area contributed by atoms with Crippen LogP contribution in [0, 0.1) is 6.92 Å². The van der Waals surface area contributed by atoms with E-state index in [1.54, 1.807) is 43.1 Å². The number of nitrogens with zero attached hydrogens (tertiary/aromatic N) is 6. The lowest BCUT2D eigenvalue weighted by Gasteiger charge is -2.37. The number of methoxy groups -OCH3 is 1. The number of carbonyl (C=O) groups excluding carboxylic acids is 1. The first-order valence-corrected chi connectivity index (χ1v) is 10.8. The minimum absolute atomic E-state index is 0.170. The second kappa shape index (κ2) is 9.49. The third kappa shape index (κ3) is 5.19. The van der Waals surface area contributed by atoms with E-state index < -0.39 is 17.9 Å². The quantitative estimate of drug-likeness (QED) is 0.520. The maximum absolute atomic E-state index is 12.9. The van der Waals surface area contributed by atoms with E-state index in [0.29, 0.717) is 35.3 Å². The average molecular weight is 490 g/mol. The Morgan fingerprint density at radius 3 is 2.77 bits per heavy atom. The van der Waals surface area contributed by atoms with E-state index in [0.717, 1.165) is 17.8 Å². The number of pyridine rings is 1. The van der Waals surface area contributed by atoms with E-state index in [4.69, 9.17) is 4.74 Å². The largest absolute Gasteiger partial charge is 0.433 e. The summed E-state index contributed by atoms with van der Waals surface area (Å²) < 4.78 is 45.6. The summed E-state index contributed by atoms with van der Waals surface area (Å²) in [6.45, 7) is 4.11. The lowest BCUT2D eigenvalue weighted by Crippen LogP contribution is -2.53. The molecule has 4 heterocycles. The van der Waals surface area contributed by atoms with E-state index in [1.807, 2.05) is 6.92 Å². The molecule has 2 atom stereocenters. The molecular weight excluding hydrogens is 465 g/mol. The van der Waals surface area contributed by atoms with Crippen LogP contribution in [0.15, 0.2) is 30.7 Å². The van der Waals surface area contributed by atoms with Gasteiger partial charge in [0.1, 0.15) is 17.4 Å². The first-order valence-electron chi connectivity index (χ1n) is 10.8. The van der Waals surface area contributed by atoms with Crippen molar-refractivity contribution in [3.8, 4) is 0 Å². The molecule has 0 spiro atoms. The molecule has 3 aromatic rings. The van der Waals surface area contributed by atoms with Crippen molar-refractivity contribution in [2.75, 3.05) is 29.7 Å². The van der Waals surface area contributed by atoms with Crippen LogP contribution in [0.4, 0.5) is 30.6 Å². The molecule has 0 fully saturated rings. The number of anilines is 3. The highest BCUT2D eigenvalue weighted by Crippen LogP contribution is 2.33. The van der Waals surface area contributed by atoms with E-state index in [9.17, 15) is 18.0 Å². The van der Waals surface area contributed by atoms with Crippen molar-refractivity contribution in [3.63, 3.8) is 0 Å². The molecule has 1 aliphatic rings. The highest BCUT2D eigenvalue weighted by Gasteiger charge is 2.37. The zero-order valence-corrected chi connectivity index (χ0v) is 19.6. The second-order valence-electron chi connectivity index (χ2n) is 8.26. The van der Waals surface area contributed by atoms with Crippen LogP contribution in [-0.4, -0.2) is 56.9 Å². The molecule has 0 aliphatic carbocycles. The van der Waals surface area contributed by atoms with Crippen molar-refractivity contribution in [3.05, 3.63) is 53.2 Å². The number of ether oxygens (including phenoxy) is 1. The summed E-state index contributed by atoms with van der Waals surface area (Å²) in [4.78, 5) is 26.7. The van der Waals surface area contributed by atoms with Crippen LogP contribution >= 0.6 is 0 Å². The summed E-state index contributed by atoms with van der Waals surface area (Å²) in [5.41, 5.74) is 1.45. The molecule has 35 heavy (non-hydrogen) atoms. The molecule has 1 aliphatic heterocycles. The average Bonchev–Trinajstić information content (AvgIpc) is 3.25. The Hall–Kier alpha value is -3.74. The van der Waals surface area contributed by atoms with Crippen molar-refractivity contribution < 1.29 is 22.7 Å². The van der Waals surface area contributed by atoms with Gasteiger partial charge in [-0.05, 0) is 31.5 Å². The minimum atomic E-state index is -4.50. The summed E-state index contributed by atoms with van der Waals surface area (Å²) in [5.74, 6) is 0.748. The van der Waals surface area contributed by atoms with Gasteiger partial charge in [0.2, 0.25) is 11.9 Å². The summed E-state index contributed by atoms with van der Waals surface area (Å²) in [6.07, 6.45) is -0.363. The van der Waals surface area contributed by atoms with Crippen LogP contribution in [-0.2, 0) is 28.8 Å². The van der Waals surface area contributed by atoms with Gasteiger partial charge >= 0.3 is 6.18 Å². The van der Waals surface area contributed by atoms with E-state index in [-0.39, 0.29) is 18.6 Å². The van der Waals surface area contributed by atoms with Gasteiger partial charge in [-0.15, -0.1) is 0 Å². The highest BCUT2D eigenvalue weighted by atomic mass is 19.4. The predicted molar refractivity (Wildman–Crippen MR) is 122 cm³/mol. The predicted octanol–water partition coefficient (Wildman–Crippen LogP) is 2.85. The molecule has 4 rings (SSSR count). The Morgan fingerprint density at radius 2 is 2.06 bits per heavy atom. The van der Waals surface area contributed by atoms with Gasteiger partial charge in [-0.2, -0.15) is 23.3 Å². The van der Waals surface area contributed by atoms with Gasteiger partial charge in [-0.25, -0.2) is 4.98 Å². The SMILES string of the molecule is COC(C)[C@H]1C(=O)Nc2c(C)nc(NCc3cnn(Cc4ccnc(C(F)(F)F)c4)c3)nc2N1C. The maximum atomic E-state index is 12.9. The normalized spacial score (nSPS) is 16.6. The zero-order chi connectivity index (χ0) is 25.3. The Morgan fingerprint density at radius 1 is 1.29 bits per heavy atom. The highest BCUT2D eigenvalue weighted by molar-refractivity contribution is 6.03. The fourth-order valence-corrected chi connectivity index (χ4v) is 3.88. The molecule has 1 unspecified atom stereocenters. The van der Waals surface area contributed by atoms with Crippen molar-refractivity contribution in [2.24, 2.45) is 0 Å². The van der Waals surface area contributed by atoms with Crippen molar-refractivity contribution >= 4 is 23.4 Å². The molecule has 0 saturated heterocycles. The topological polar surface area (TPSA) is 110 Å². The minimum Gasteiger partial charge on any atom is -0.379 e. The number of amides is 1. The fourth-order valence-electron chi connectivity index (χ4n) is 3.88. The van der Waals surface area contributed by atoms with E-state index in [1.165, 1.54) is 6.07 Å². The lowest BCUT2D eigenvalue weighted by molar-refractivity contribution is -0.141. The summed E-state index contributed by atoms with van der Waals surface area (Å²) in [7, 11) is 3.32. The number of fused-ring (bicyclic) bond motifs is 1. The summed E-state index contributed by atoms with van der Waals surface area (Å²) >= 11 is 0. The van der Waals surface area contributed by atoms with Crippen molar-refractivity contribution in [1.29, 1.82) is 0 Å². The van der Waals surface area contributed by atoms with Gasteiger partial charge in [0, 0.05) is 38.7 Å². The van der Waals surface area contributed by atoms with E-state index in [2.05, 4.69) is 30.7 Å². The number of halogens is 3. The molecule has 2 N–H and O–H groups in total. The Balaban J connectivity index is 1.46. The van der Waals surface area contributed by atoms with Crippen LogP contribution in [0.1, 0.15) is 29.4 Å². The Labute approximate surface area is 199 Å². The molecule has 186 valence electrons. The van der Waals surface area contributed by atoms with Crippen LogP contribution in [0.2, 0.25) is 0 Å². The summed E-state index contributed by atoms with van der Waals surface area (Å²) in [5, 5.41) is 10.2.